The van der Waals surface area contributed by atoms with Crippen LogP contribution in [-0.4, -0.2) is 13.0 Å². The molecule has 0 heterocycles. The third-order valence-corrected chi connectivity index (χ3v) is 4.88. The summed E-state index contributed by atoms with van der Waals surface area (Å²) in [6.45, 7) is 0. The van der Waals surface area contributed by atoms with Crippen LogP contribution in [-0.2, 0) is 10.1 Å². The molecule has 3 aromatic carbocycles. The molecule has 0 atom stereocenters. The monoisotopic (exact) mass is 344 g/mol. The van der Waals surface area contributed by atoms with Crippen molar-refractivity contribution in [3.63, 3.8) is 0 Å². The van der Waals surface area contributed by atoms with E-state index in [1.165, 1.54) is 6.07 Å². The summed E-state index contributed by atoms with van der Waals surface area (Å²) in [4.78, 5) is -0.272. The second-order valence-corrected chi connectivity index (χ2v) is 6.77. The molecule has 0 bridgehead atoms. The molecule has 0 radical (unpaired) electrons. The van der Waals surface area contributed by atoms with Gasteiger partial charge in [-0.15, -0.1) is 0 Å². The van der Waals surface area contributed by atoms with E-state index in [1.54, 1.807) is 30.3 Å². The zero-order valence-corrected chi connectivity index (χ0v) is 13.6. The Balaban J connectivity index is 2.43. The fourth-order valence-electron chi connectivity index (χ4n) is 2.56. The quantitative estimate of drug-likeness (QED) is 0.686. The molecule has 0 saturated carbocycles. The fourth-order valence-corrected chi connectivity index (χ4v) is 3.81. The van der Waals surface area contributed by atoms with Gasteiger partial charge in [0.25, 0.3) is 10.1 Å². The minimum atomic E-state index is -4.47. The van der Waals surface area contributed by atoms with Crippen molar-refractivity contribution in [2.24, 2.45) is 0 Å². The predicted molar refractivity (Wildman–Crippen MR) is 92.1 cm³/mol. The Morgan fingerprint density at radius 1 is 0.739 bits per heavy atom. The van der Waals surface area contributed by atoms with Crippen LogP contribution in [0.4, 0.5) is 0 Å². The number of benzene rings is 3. The molecule has 0 aliphatic carbocycles. The minimum absolute atomic E-state index is 0.00830. The van der Waals surface area contributed by atoms with Crippen LogP contribution in [0.3, 0.4) is 0 Å². The summed E-state index contributed by atoms with van der Waals surface area (Å²) in [5, 5.41) is -0.00830. The molecule has 5 heteroatoms. The van der Waals surface area contributed by atoms with Crippen molar-refractivity contribution in [3.8, 4) is 22.3 Å². The highest BCUT2D eigenvalue weighted by Crippen LogP contribution is 2.40. The van der Waals surface area contributed by atoms with Crippen molar-refractivity contribution in [2.75, 3.05) is 0 Å². The summed E-state index contributed by atoms with van der Waals surface area (Å²) in [7, 11) is -4.47. The largest absolute Gasteiger partial charge is 0.296 e. The average molecular weight is 345 g/mol. The highest BCUT2D eigenvalue weighted by atomic mass is 35.5. The van der Waals surface area contributed by atoms with Gasteiger partial charge in [-0.2, -0.15) is 8.42 Å². The Morgan fingerprint density at radius 2 is 1.26 bits per heavy atom. The maximum atomic E-state index is 11.9. The van der Waals surface area contributed by atoms with E-state index in [1.807, 2.05) is 36.4 Å². The van der Waals surface area contributed by atoms with Crippen LogP contribution in [0.25, 0.3) is 22.3 Å². The highest BCUT2D eigenvalue weighted by molar-refractivity contribution is 7.86. The normalized spacial score (nSPS) is 11.4. The minimum Gasteiger partial charge on any atom is -0.282 e. The smallest absolute Gasteiger partial charge is 0.282 e. The van der Waals surface area contributed by atoms with Crippen LogP contribution >= 0.6 is 11.6 Å². The molecule has 0 amide bonds. The van der Waals surface area contributed by atoms with Crippen molar-refractivity contribution in [2.45, 2.75) is 4.90 Å². The van der Waals surface area contributed by atoms with Crippen LogP contribution in [0.15, 0.2) is 77.7 Å². The number of halogens is 1. The number of hydrogen-bond acceptors (Lipinski definition) is 2. The Hall–Kier alpha value is -2.14. The topological polar surface area (TPSA) is 54.4 Å². The SMILES string of the molecule is O=S(=O)(O)c1c(Cl)ccc(-c2ccccc2)c1-c1ccccc1. The van der Waals surface area contributed by atoms with E-state index in [2.05, 4.69) is 0 Å². The lowest BCUT2D eigenvalue weighted by Crippen LogP contribution is -2.03. The molecule has 1 N–H and O–H groups in total. The van der Waals surface area contributed by atoms with Crippen molar-refractivity contribution in [3.05, 3.63) is 77.8 Å². The van der Waals surface area contributed by atoms with Gasteiger partial charge in [0, 0.05) is 5.56 Å². The Morgan fingerprint density at radius 3 is 1.78 bits per heavy atom. The molecular weight excluding hydrogens is 332 g/mol. The van der Waals surface area contributed by atoms with Crippen molar-refractivity contribution in [1.29, 1.82) is 0 Å². The van der Waals surface area contributed by atoms with Gasteiger partial charge >= 0.3 is 0 Å². The molecule has 0 fully saturated rings. The first-order valence-corrected chi connectivity index (χ1v) is 8.71. The molecule has 0 spiro atoms. The molecule has 0 saturated heterocycles. The molecule has 0 unspecified atom stereocenters. The van der Waals surface area contributed by atoms with Crippen molar-refractivity contribution < 1.29 is 13.0 Å². The zero-order chi connectivity index (χ0) is 16.4. The zero-order valence-electron chi connectivity index (χ0n) is 12.0. The third-order valence-electron chi connectivity index (χ3n) is 3.51. The molecule has 0 aliphatic rings. The van der Waals surface area contributed by atoms with E-state index in [0.29, 0.717) is 16.7 Å². The second kappa shape index (κ2) is 6.16. The second-order valence-electron chi connectivity index (χ2n) is 5.01. The summed E-state index contributed by atoms with van der Waals surface area (Å²) in [5.41, 5.74) is 2.59. The molecule has 116 valence electrons. The average Bonchev–Trinajstić information content (AvgIpc) is 2.55. The van der Waals surface area contributed by atoms with Crippen LogP contribution in [0.2, 0.25) is 5.02 Å². The van der Waals surface area contributed by atoms with Gasteiger partial charge in [0.2, 0.25) is 0 Å². The summed E-state index contributed by atoms with van der Waals surface area (Å²) in [5.74, 6) is 0. The maximum Gasteiger partial charge on any atom is 0.296 e. The van der Waals surface area contributed by atoms with Crippen LogP contribution in [0, 0.1) is 0 Å². The van der Waals surface area contributed by atoms with Crippen molar-refractivity contribution in [1.82, 2.24) is 0 Å². The highest BCUT2D eigenvalue weighted by Gasteiger charge is 2.24. The van der Waals surface area contributed by atoms with Gasteiger partial charge in [-0.3, -0.25) is 4.55 Å². The molecule has 3 nitrogen and oxygen atoms in total. The van der Waals surface area contributed by atoms with Gasteiger partial charge in [0.05, 0.1) is 5.02 Å². The molecular formula is C18H13ClO3S. The van der Waals surface area contributed by atoms with Gasteiger partial charge in [0.15, 0.2) is 0 Å². The molecule has 3 aromatic rings. The van der Waals surface area contributed by atoms with E-state index in [-0.39, 0.29) is 9.92 Å². The van der Waals surface area contributed by atoms with Gasteiger partial charge in [0.1, 0.15) is 4.90 Å². The van der Waals surface area contributed by atoms with E-state index in [4.69, 9.17) is 11.6 Å². The maximum absolute atomic E-state index is 11.9. The van der Waals surface area contributed by atoms with Crippen LogP contribution < -0.4 is 0 Å². The number of rotatable bonds is 3. The first-order valence-electron chi connectivity index (χ1n) is 6.89. The van der Waals surface area contributed by atoms with Crippen molar-refractivity contribution >= 4 is 21.7 Å². The van der Waals surface area contributed by atoms with E-state index < -0.39 is 10.1 Å². The van der Waals surface area contributed by atoms with Crippen LogP contribution in [0.5, 0.6) is 0 Å². The molecule has 23 heavy (non-hydrogen) atoms. The lowest BCUT2D eigenvalue weighted by molar-refractivity contribution is 0.483. The summed E-state index contributed by atoms with van der Waals surface area (Å²) in [6, 6.07) is 21.6. The Kier molecular flexibility index (Phi) is 4.22. The standard InChI is InChI=1S/C18H13ClO3S/c19-16-12-11-15(13-7-3-1-4-8-13)17(18(16)23(20,21)22)14-9-5-2-6-10-14/h1-12H,(H,20,21,22). The fraction of sp³-hybridized carbons (Fsp3) is 0. The predicted octanol–water partition coefficient (Wildman–Crippen LogP) is 4.92. The summed E-state index contributed by atoms with van der Waals surface area (Å²) >= 11 is 6.08. The molecule has 0 aliphatic heterocycles. The third kappa shape index (κ3) is 3.15. The van der Waals surface area contributed by atoms with Crippen LogP contribution in [0.1, 0.15) is 0 Å². The Labute approximate surface area is 139 Å². The van der Waals surface area contributed by atoms with Gasteiger partial charge in [-0.05, 0) is 22.8 Å². The Bertz CT molecular complexity index is 937. The first kappa shape index (κ1) is 15.7. The van der Waals surface area contributed by atoms with Gasteiger partial charge < -0.3 is 0 Å². The lowest BCUT2D eigenvalue weighted by atomic mass is 9.94. The summed E-state index contributed by atoms with van der Waals surface area (Å²) < 4.78 is 33.5. The van der Waals surface area contributed by atoms with E-state index in [0.717, 1.165) is 5.56 Å². The van der Waals surface area contributed by atoms with Gasteiger partial charge in [-0.25, -0.2) is 0 Å². The van der Waals surface area contributed by atoms with Gasteiger partial charge in [-0.1, -0.05) is 78.3 Å². The van der Waals surface area contributed by atoms with E-state index in [9.17, 15) is 13.0 Å². The molecule has 0 aromatic heterocycles. The van der Waals surface area contributed by atoms with E-state index >= 15 is 0 Å². The first-order chi connectivity index (χ1) is 11.0. The lowest BCUT2D eigenvalue weighted by Gasteiger charge is -2.15. The number of hydrogen-bond donors (Lipinski definition) is 1. The molecule has 3 rings (SSSR count). The summed E-state index contributed by atoms with van der Waals surface area (Å²) in [6.07, 6.45) is 0.